The third-order valence-electron chi connectivity index (χ3n) is 3.89. The number of pyridine rings is 1. The minimum absolute atomic E-state index is 0.574. The van der Waals surface area contributed by atoms with Crippen LogP contribution in [0.15, 0.2) is 24.5 Å². The average Bonchev–Trinajstić information content (AvgIpc) is 2.86. The van der Waals surface area contributed by atoms with E-state index in [0.29, 0.717) is 6.04 Å². The highest BCUT2D eigenvalue weighted by Gasteiger charge is 2.28. The zero-order valence-corrected chi connectivity index (χ0v) is 10.1. The molecule has 1 aromatic rings. The monoisotopic (exact) mass is 230 g/mol. The second-order valence-corrected chi connectivity index (χ2v) is 4.87. The predicted molar refractivity (Wildman–Crippen MR) is 67.9 cm³/mol. The van der Waals surface area contributed by atoms with E-state index in [-0.39, 0.29) is 0 Å². The molecule has 0 aromatic carbocycles. The van der Waals surface area contributed by atoms with Gasteiger partial charge in [-0.05, 0) is 48.9 Å². The second kappa shape index (κ2) is 4.49. The summed E-state index contributed by atoms with van der Waals surface area (Å²) in [6, 6.07) is 2.65. The quantitative estimate of drug-likeness (QED) is 0.846. The zero-order chi connectivity index (χ0) is 11.7. The first-order valence-corrected chi connectivity index (χ1v) is 6.30. The molecule has 0 spiro atoms. The number of methoxy groups -OCH3 is 1. The van der Waals surface area contributed by atoms with Crippen molar-refractivity contribution in [3.05, 3.63) is 30.1 Å². The number of ether oxygens (including phenoxy) is 1. The largest absolute Gasteiger partial charge is 0.495 e. The van der Waals surface area contributed by atoms with Gasteiger partial charge in [0.1, 0.15) is 5.75 Å². The maximum Gasteiger partial charge on any atom is 0.137 e. The van der Waals surface area contributed by atoms with E-state index < -0.39 is 0 Å². The number of nitrogens with one attached hydrogen (secondary N) is 1. The molecule has 0 amide bonds. The smallest absolute Gasteiger partial charge is 0.137 e. The van der Waals surface area contributed by atoms with Crippen LogP contribution in [0.3, 0.4) is 0 Å². The van der Waals surface area contributed by atoms with Crippen LogP contribution >= 0.6 is 0 Å². The Hall–Kier alpha value is -1.35. The Labute approximate surface area is 102 Å². The minimum Gasteiger partial charge on any atom is -0.495 e. The van der Waals surface area contributed by atoms with Crippen molar-refractivity contribution in [2.75, 3.05) is 13.7 Å². The topological polar surface area (TPSA) is 34.1 Å². The first kappa shape index (κ1) is 10.8. The first-order chi connectivity index (χ1) is 8.36. The molecule has 2 unspecified atom stereocenters. The first-order valence-electron chi connectivity index (χ1n) is 6.30. The molecule has 0 saturated carbocycles. The SMILES string of the molecule is COc1cncc(C2=CC3NCCC3CC2)c1. The van der Waals surface area contributed by atoms with Crippen LogP contribution in [0.2, 0.25) is 0 Å². The summed E-state index contributed by atoms with van der Waals surface area (Å²) in [7, 11) is 1.69. The molecule has 3 rings (SSSR count). The molecule has 1 aliphatic heterocycles. The van der Waals surface area contributed by atoms with E-state index in [4.69, 9.17) is 4.74 Å². The molecule has 1 fully saturated rings. The molecule has 0 bridgehead atoms. The van der Waals surface area contributed by atoms with Gasteiger partial charge in [0, 0.05) is 12.2 Å². The van der Waals surface area contributed by atoms with Gasteiger partial charge < -0.3 is 10.1 Å². The van der Waals surface area contributed by atoms with Crippen LogP contribution in [0, 0.1) is 5.92 Å². The average molecular weight is 230 g/mol. The molecule has 2 aliphatic rings. The van der Waals surface area contributed by atoms with Gasteiger partial charge in [-0.3, -0.25) is 4.98 Å². The van der Waals surface area contributed by atoms with Crippen molar-refractivity contribution in [1.29, 1.82) is 0 Å². The van der Waals surface area contributed by atoms with Gasteiger partial charge in [0.25, 0.3) is 0 Å². The molecule has 2 atom stereocenters. The highest BCUT2D eigenvalue weighted by molar-refractivity contribution is 5.67. The van der Waals surface area contributed by atoms with Gasteiger partial charge in [-0.1, -0.05) is 6.08 Å². The normalized spacial score (nSPS) is 27.5. The van der Waals surface area contributed by atoms with E-state index in [1.807, 2.05) is 6.20 Å². The number of nitrogens with zero attached hydrogens (tertiary/aromatic N) is 1. The Morgan fingerprint density at radius 1 is 1.35 bits per heavy atom. The van der Waals surface area contributed by atoms with Crippen LogP contribution in [0.4, 0.5) is 0 Å². The van der Waals surface area contributed by atoms with Gasteiger partial charge in [-0.25, -0.2) is 0 Å². The molecule has 1 saturated heterocycles. The Kier molecular flexibility index (Phi) is 2.85. The zero-order valence-electron chi connectivity index (χ0n) is 10.1. The number of hydrogen-bond acceptors (Lipinski definition) is 3. The number of fused-ring (bicyclic) bond motifs is 1. The lowest BCUT2D eigenvalue weighted by Crippen LogP contribution is -2.27. The van der Waals surface area contributed by atoms with Crippen molar-refractivity contribution >= 4 is 5.57 Å². The lowest BCUT2D eigenvalue weighted by atomic mass is 9.84. The molecule has 1 aliphatic carbocycles. The molecule has 90 valence electrons. The van der Waals surface area contributed by atoms with Gasteiger partial charge in [0.05, 0.1) is 13.3 Å². The Bertz CT molecular complexity index is 442. The molecule has 2 heterocycles. The molecule has 0 radical (unpaired) electrons. The Morgan fingerprint density at radius 2 is 2.29 bits per heavy atom. The Morgan fingerprint density at radius 3 is 3.18 bits per heavy atom. The summed E-state index contributed by atoms with van der Waals surface area (Å²) in [5.41, 5.74) is 2.61. The van der Waals surface area contributed by atoms with Crippen LogP contribution in [0.1, 0.15) is 24.8 Å². The van der Waals surface area contributed by atoms with E-state index in [0.717, 1.165) is 24.6 Å². The van der Waals surface area contributed by atoms with E-state index >= 15 is 0 Å². The maximum atomic E-state index is 5.23. The van der Waals surface area contributed by atoms with Crippen molar-refractivity contribution in [1.82, 2.24) is 10.3 Å². The third kappa shape index (κ3) is 2.07. The number of aromatic nitrogens is 1. The van der Waals surface area contributed by atoms with Gasteiger partial charge in [0.2, 0.25) is 0 Å². The molecule has 17 heavy (non-hydrogen) atoms. The number of allylic oxidation sites excluding steroid dienone is 1. The summed E-state index contributed by atoms with van der Waals surface area (Å²) >= 11 is 0. The fourth-order valence-electron chi connectivity index (χ4n) is 2.89. The van der Waals surface area contributed by atoms with Crippen LogP contribution in [-0.4, -0.2) is 24.7 Å². The fraction of sp³-hybridized carbons (Fsp3) is 0.500. The summed E-state index contributed by atoms with van der Waals surface area (Å²) in [6.45, 7) is 1.16. The molecule has 3 nitrogen and oxygen atoms in total. The van der Waals surface area contributed by atoms with Gasteiger partial charge in [-0.2, -0.15) is 0 Å². The number of hydrogen-bond donors (Lipinski definition) is 1. The highest BCUT2D eigenvalue weighted by atomic mass is 16.5. The summed E-state index contributed by atoms with van der Waals surface area (Å²) in [5, 5.41) is 3.56. The second-order valence-electron chi connectivity index (χ2n) is 4.87. The van der Waals surface area contributed by atoms with Crippen molar-refractivity contribution < 1.29 is 4.74 Å². The summed E-state index contributed by atoms with van der Waals surface area (Å²) < 4.78 is 5.23. The summed E-state index contributed by atoms with van der Waals surface area (Å²) in [6.07, 6.45) is 9.86. The van der Waals surface area contributed by atoms with Crippen molar-refractivity contribution in [2.24, 2.45) is 5.92 Å². The molecular weight excluding hydrogens is 212 g/mol. The van der Waals surface area contributed by atoms with Gasteiger partial charge in [0.15, 0.2) is 0 Å². The van der Waals surface area contributed by atoms with E-state index in [1.54, 1.807) is 13.3 Å². The summed E-state index contributed by atoms with van der Waals surface area (Å²) in [5.74, 6) is 1.68. The standard InChI is InChI=1S/C14H18N2O/c1-17-13-6-12(8-15-9-13)11-3-2-10-4-5-16-14(10)7-11/h6-10,14,16H,2-5H2,1H3. The molecular formula is C14H18N2O. The van der Waals surface area contributed by atoms with Crippen molar-refractivity contribution in [3.63, 3.8) is 0 Å². The van der Waals surface area contributed by atoms with Crippen molar-refractivity contribution in [3.8, 4) is 5.75 Å². The van der Waals surface area contributed by atoms with Crippen LogP contribution in [0.25, 0.3) is 5.57 Å². The van der Waals surface area contributed by atoms with Gasteiger partial charge >= 0.3 is 0 Å². The maximum absolute atomic E-state index is 5.23. The van der Waals surface area contributed by atoms with Gasteiger partial charge in [-0.15, -0.1) is 0 Å². The highest BCUT2D eigenvalue weighted by Crippen LogP contribution is 2.34. The third-order valence-corrected chi connectivity index (χ3v) is 3.89. The minimum atomic E-state index is 0.574. The molecule has 1 N–H and O–H groups in total. The van der Waals surface area contributed by atoms with E-state index in [9.17, 15) is 0 Å². The van der Waals surface area contributed by atoms with Crippen LogP contribution in [-0.2, 0) is 0 Å². The predicted octanol–water partition coefficient (Wildman–Crippen LogP) is 2.25. The van der Waals surface area contributed by atoms with Crippen LogP contribution in [0.5, 0.6) is 5.75 Å². The van der Waals surface area contributed by atoms with E-state index in [2.05, 4.69) is 22.4 Å². The Balaban J connectivity index is 1.88. The van der Waals surface area contributed by atoms with Crippen LogP contribution < -0.4 is 10.1 Å². The van der Waals surface area contributed by atoms with E-state index in [1.165, 1.54) is 24.0 Å². The van der Waals surface area contributed by atoms with Crippen molar-refractivity contribution in [2.45, 2.75) is 25.3 Å². The lowest BCUT2D eigenvalue weighted by molar-refractivity contribution is 0.412. The lowest BCUT2D eigenvalue weighted by Gasteiger charge is -2.24. The molecule has 1 aromatic heterocycles. The number of rotatable bonds is 2. The summed E-state index contributed by atoms with van der Waals surface area (Å²) in [4.78, 5) is 4.23. The fourth-order valence-corrected chi connectivity index (χ4v) is 2.89. The molecule has 3 heteroatoms.